The van der Waals surface area contributed by atoms with Crippen LogP contribution < -0.4 is 31.3 Å². The maximum absolute atomic E-state index is 6.77. The Morgan fingerprint density at radius 1 is 0.619 bits per heavy atom. The molecule has 6 rings (SSSR count). The molecule has 4 aromatic carbocycles. The fourth-order valence-corrected chi connectivity index (χ4v) is 6.38. The van der Waals surface area contributed by atoms with Crippen LogP contribution in [0.2, 0.25) is 0 Å². The number of rotatable bonds is 3. The summed E-state index contributed by atoms with van der Waals surface area (Å²) in [5.41, 5.74) is 12.7. The second kappa shape index (κ2) is 9.69. The topological polar surface area (TPSA) is 24.5 Å². The molecule has 0 unspecified atom stereocenters. The number of nitrogens with zero attached hydrogens (tertiary/aromatic N) is 1. The van der Waals surface area contributed by atoms with Gasteiger partial charge in [0.25, 0.3) is 6.71 Å². The summed E-state index contributed by atoms with van der Waals surface area (Å²) in [6, 6.07) is 27.6. The highest BCUT2D eigenvalue weighted by atomic mass is 16.5. The zero-order valence-corrected chi connectivity index (χ0v) is 27.1. The molecule has 4 aromatic rings. The van der Waals surface area contributed by atoms with Crippen molar-refractivity contribution in [3.05, 3.63) is 89.5 Å². The average Bonchev–Trinajstić information content (AvgIpc) is 2.91. The molecule has 3 nitrogen and oxygen atoms in total. The van der Waals surface area contributed by atoms with Crippen LogP contribution in [-0.4, -0.2) is 13.3 Å². The minimum absolute atomic E-state index is 0.0352. The van der Waals surface area contributed by atoms with Gasteiger partial charge in [-0.1, -0.05) is 98.7 Å². The third-order valence-electron chi connectivity index (χ3n) is 8.87. The summed E-state index contributed by atoms with van der Waals surface area (Å²) in [4.78, 5) is 2.45. The van der Waals surface area contributed by atoms with Crippen molar-refractivity contribution in [1.82, 2.24) is 0 Å². The van der Waals surface area contributed by atoms with E-state index in [1.54, 1.807) is 0 Å². The molecule has 1 N–H and O–H groups in total. The van der Waals surface area contributed by atoms with Gasteiger partial charge < -0.3 is 15.0 Å². The molecule has 0 saturated carbocycles. The van der Waals surface area contributed by atoms with Crippen molar-refractivity contribution in [2.24, 2.45) is 0 Å². The highest BCUT2D eigenvalue weighted by Gasteiger charge is 2.43. The van der Waals surface area contributed by atoms with Gasteiger partial charge in [0.15, 0.2) is 0 Å². The first-order valence-corrected chi connectivity index (χ1v) is 15.5. The summed E-state index contributed by atoms with van der Waals surface area (Å²) in [7, 11) is 0. The zero-order valence-electron chi connectivity index (χ0n) is 27.1. The van der Waals surface area contributed by atoms with Gasteiger partial charge in [-0.05, 0) is 86.6 Å². The fourth-order valence-electron chi connectivity index (χ4n) is 6.38. The predicted molar refractivity (Wildman–Crippen MR) is 183 cm³/mol. The molecule has 42 heavy (non-hydrogen) atoms. The Kier molecular flexibility index (Phi) is 6.57. The van der Waals surface area contributed by atoms with E-state index in [2.05, 4.69) is 152 Å². The molecule has 2 aliphatic rings. The Morgan fingerprint density at radius 3 is 1.79 bits per heavy atom. The zero-order chi connectivity index (χ0) is 30.2. The SMILES string of the molecule is CCNc1cc2c3c(c1)N(c1ccc(C(C)(C)C)cc1)c1ccc(C(C)(C)C)cc1B3c1cc(C(C)(C)C)ccc1O2. The van der Waals surface area contributed by atoms with Crippen LogP contribution in [0.15, 0.2) is 72.8 Å². The van der Waals surface area contributed by atoms with Crippen molar-refractivity contribution < 1.29 is 4.74 Å². The summed E-state index contributed by atoms with van der Waals surface area (Å²) in [6.45, 7) is 23.7. The average molecular weight is 557 g/mol. The van der Waals surface area contributed by atoms with Gasteiger partial charge in [0.1, 0.15) is 11.5 Å². The van der Waals surface area contributed by atoms with Crippen LogP contribution in [0, 0.1) is 0 Å². The Balaban J connectivity index is 1.66. The van der Waals surface area contributed by atoms with E-state index in [1.807, 2.05) is 0 Å². The van der Waals surface area contributed by atoms with Crippen molar-refractivity contribution in [1.29, 1.82) is 0 Å². The van der Waals surface area contributed by atoms with E-state index in [0.717, 1.165) is 29.4 Å². The summed E-state index contributed by atoms with van der Waals surface area (Å²) in [6.07, 6.45) is 0. The normalized spacial score (nSPS) is 14.1. The van der Waals surface area contributed by atoms with E-state index in [1.165, 1.54) is 44.5 Å². The molecule has 0 spiro atoms. The van der Waals surface area contributed by atoms with Gasteiger partial charge in [-0.25, -0.2) is 0 Å². The van der Waals surface area contributed by atoms with Crippen molar-refractivity contribution in [2.75, 3.05) is 16.8 Å². The van der Waals surface area contributed by atoms with Crippen molar-refractivity contribution in [2.45, 2.75) is 85.5 Å². The molecule has 2 heterocycles. The van der Waals surface area contributed by atoms with Gasteiger partial charge in [0.2, 0.25) is 0 Å². The summed E-state index contributed by atoms with van der Waals surface area (Å²) < 4.78 is 6.77. The third-order valence-corrected chi connectivity index (χ3v) is 8.87. The smallest absolute Gasteiger partial charge is 0.256 e. The molecule has 0 atom stereocenters. The van der Waals surface area contributed by atoms with Crippen LogP contribution in [0.25, 0.3) is 0 Å². The van der Waals surface area contributed by atoms with Crippen LogP contribution in [0.4, 0.5) is 22.7 Å². The number of hydrogen-bond donors (Lipinski definition) is 1. The van der Waals surface area contributed by atoms with Crippen molar-refractivity contribution in [3.8, 4) is 11.5 Å². The third kappa shape index (κ3) is 4.79. The molecule has 2 aliphatic heterocycles. The van der Waals surface area contributed by atoms with Gasteiger partial charge in [0, 0.05) is 35.4 Å². The maximum atomic E-state index is 6.77. The largest absolute Gasteiger partial charge is 0.458 e. The highest BCUT2D eigenvalue weighted by Crippen LogP contribution is 2.43. The standard InChI is InChI=1S/C38H45BN2O/c1-11-40-27-22-32-35-34(23-27)42-33-19-15-26(38(8,9)10)21-30(33)39(35)29-20-25(37(5,6)7)14-18-31(29)41(32)28-16-12-24(13-17-28)36(2,3)4/h12-23,40H,11H2,1-10H3. The van der Waals surface area contributed by atoms with Crippen LogP contribution in [-0.2, 0) is 16.2 Å². The second-order valence-electron chi connectivity index (χ2n) is 15.1. The molecule has 0 aromatic heterocycles. The molecule has 0 radical (unpaired) electrons. The lowest BCUT2D eigenvalue weighted by molar-refractivity contribution is 0.486. The summed E-state index contributed by atoms with van der Waals surface area (Å²) in [5.74, 6) is 1.89. The molecule has 0 amide bonds. The molecule has 0 aliphatic carbocycles. The van der Waals surface area contributed by atoms with E-state index >= 15 is 0 Å². The fraction of sp³-hybridized carbons (Fsp3) is 0.368. The van der Waals surface area contributed by atoms with E-state index in [9.17, 15) is 0 Å². The number of nitrogens with one attached hydrogen (secondary N) is 1. The maximum Gasteiger partial charge on any atom is 0.256 e. The van der Waals surface area contributed by atoms with Gasteiger partial charge in [-0.2, -0.15) is 0 Å². The Morgan fingerprint density at radius 2 is 1.19 bits per heavy atom. The lowest BCUT2D eigenvalue weighted by atomic mass is 9.33. The molecular formula is C38H45BN2O. The number of anilines is 4. The first kappa shape index (κ1) is 28.5. The monoisotopic (exact) mass is 556 g/mol. The van der Waals surface area contributed by atoms with E-state index in [4.69, 9.17) is 4.74 Å². The summed E-state index contributed by atoms with van der Waals surface area (Å²) in [5, 5.41) is 3.57. The van der Waals surface area contributed by atoms with Gasteiger partial charge >= 0.3 is 0 Å². The molecular weight excluding hydrogens is 511 g/mol. The Hall–Kier alpha value is -3.66. The van der Waals surface area contributed by atoms with E-state index in [0.29, 0.717) is 0 Å². The molecule has 216 valence electrons. The number of hydrogen-bond acceptors (Lipinski definition) is 3. The van der Waals surface area contributed by atoms with E-state index < -0.39 is 0 Å². The minimum atomic E-state index is 0.0352. The highest BCUT2D eigenvalue weighted by molar-refractivity contribution is 6.99. The Labute approximate surface area is 253 Å². The molecule has 4 heteroatoms. The molecule has 0 saturated heterocycles. The molecule has 0 fully saturated rings. The first-order valence-electron chi connectivity index (χ1n) is 15.5. The van der Waals surface area contributed by atoms with Gasteiger partial charge in [0.05, 0.1) is 0 Å². The van der Waals surface area contributed by atoms with E-state index in [-0.39, 0.29) is 23.0 Å². The lowest BCUT2D eigenvalue weighted by Crippen LogP contribution is -2.60. The summed E-state index contributed by atoms with van der Waals surface area (Å²) >= 11 is 0. The number of ether oxygens (including phenoxy) is 1. The van der Waals surface area contributed by atoms with Crippen molar-refractivity contribution >= 4 is 45.9 Å². The number of benzene rings is 4. The quantitative estimate of drug-likeness (QED) is 0.222. The van der Waals surface area contributed by atoms with Crippen LogP contribution in [0.5, 0.6) is 11.5 Å². The van der Waals surface area contributed by atoms with Gasteiger partial charge in [-0.3, -0.25) is 0 Å². The minimum Gasteiger partial charge on any atom is -0.458 e. The number of fused-ring (bicyclic) bond motifs is 4. The van der Waals surface area contributed by atoms with Crippen LogP contribution >= 0.6 is 0 Å². The van der Waals surface area contributed by atoms with Gasteiger partial charge in [-0.15, -0.1) is 0 Å². The first-order chi connectivity index (χ1) is 19.7. The second-order valence-corrected chi connectivity index (χ2v) is 15.1. The predicted octanol–water partition coefficient (Wildman–Crippen LogP) is 8.42. The molecule has 0 bridgehead atoms. The van der Waals surface area contributed by atoms with Crippen molar-refractivity contribution in [3.63, 3.8) is 0 Å². The lowest BCUT2D eigenvalue weighted by Gasteiger charge is -2.41. The van der Waals surface area contributed by atoms with Crippen LogP contribution in [0.3, 0.4) is 0 Å². The van der Waals surface area contributed by atoms with Crippen LogP contribution in [0.1, 0.15) is 85.9 Å². The Bertz CT molecular complexity index is 1670.